The van der Waals surface area contributed by atoms with E-state index >= 15 is 0 Å². The van der Waals surface area contributed by atoms with E-state index < -0.39 is 0 Å². The summed E-state index contributed by atoms with van der Waals surface area (Å²) < 4.78 is 2.14. The van der Waals surface area contributed by atoms with Crippen LogP contribution in [0.25, 0.3) is 11.0 Å². The average Bonchev–Trinajstić information content (AvgIpc) is 3.39. The lowest BCUT2D eigenvalue weighted by Gasteiger charge is -2.05. The molecule has 128 valence electrons. The molecule has 1 aliphatic rings. The Morgan fingerprint density at radius 1 is 1.28 bits per heavy atom. The molecule has 3 aromatic rings. The van der Waals surface area contributed by atoms with Gasteiger partial charge in [-0.2, -0.15) is 0 Å². The Morgan fingerprint density at radius 3 is 2.96 bits per heavy atom. The van der Waals surface area contributed by atoms with Gasteiger partial charge in [0.05, 0.1) is 11.0 Å². The summed E-state index contributed by atoms with van der Waals surface area (Å²) in [5.74, 6) is 1.68. The van der Waals surface area contributed by atoms with Gasteiger partial charge in [0, 0.05) is 38.3 Å². The Hall–Kier alpha value is -2.69. The molecule has 5 heteroatoms. The van der Waals surface area contributed by atoms with Crippen LogP contribution >= 0.6 is 0 Å². The van der Waals surface area contributed by atoms with Crippen LogP contribution in [0.15, 0.2) is 48.8 Å². The van der Waals surface area contributed by atoms with Crippen LogP contribution < -0.4 is 5.32 Å². The van der Waals surface area contributed by atoms with E-state index in [0.717, 1.165) is 36.1 Å². The van der Waals surface area contributed by atoms with Crippen LogP contribution in [0, 0.1) is 5.92 Å². The minimum atomic E-state index is 0.111. The second kappa shape index (κ2) is 6.67. The van der Waals surface area contributed by atoms with Gasteiger partial charge in [0.1, 0.15) is 5.82 Å². The number of amides is 1. The first kappa shape index (κ1) is 15.8. The van der Waals surface area contributed by atoms with Gasteiger partial charge in [0.2, 0.25) is 5.91 Å². The Bertz CT molecular complexity index is 887. The van der Waals surface area contributed by atoms with Crippen molar-refractivity contribution in [2.45, 2.75) is 25.2 Å². The van der Waals surface area contributed by atoms with Crippen molar-refractivity contribution < 1.29 is 4.79 Å². The zero-order valence-electron chi connectivity index (χ0n) is 14.4. The molecule has 2 heterocycles. The van der Waals surface area contributed by atoms with Crippen molar-refractivity contribution in [3.63, 3.8) is 0 Å². The topological polar surface area (TPSA) is 59.8 Å². The third kappa shape index (κ3) is 3.27. The summed E-state index contributed by atoms with van der Waals surface area (Å²) >= 11 is 0. The third-order valence-corrected chi connectivity index (χ3v) is 5.00. The molecule has 0 aliphatic heterocycles. The molecule has 1 N–H and O–H groups in total. The summed E-state index contributed by atoms with van der Waals surface area (Å²) in [4.78, 5) is 21.1. The van der Waals surface area contributed by atoms with E-state index in [4.69, 9.17) is 0 Å². The fourth-order valence-electron chi connectivity index (χ4n) is 3.46. The number of para-hydroxylation sites is 2. The molecule has 0 saturated heterocycles. The van der Waals surface area contributed by atoms with Crippen molar-refractivity contribution in [2.24, 2.45) is 13.0 Å². The first-order chi connectivity index (χ1) is 12.2. The van der Waals surface area contributed by atoms with Gasteiger partial charge >= 0.3 is 0 Å². The highest BCUT2D eigenvalue weighted by Gasteiger charge is 2.43. The van der Waals surface area contributed by atoms with E-state index in [1.807, 2.05) is 37.5 Å². The Labute approximate surface area is 147 Å². The summed E-state index contributed by atoms with van der Waals surface area (Å²) in [7, 11) is 2.05. The lowest BCUT2D eigenvalue weighted by atomic mass is 10.1. The number of imidazole rings is 1. The summed E-state index contributed by atoms with van der Waals surface area (Å²) in [6.07, 6.45) is 6.32. The number of fused-ring (bicyclic) bond motifs is 1. The molecule has 5 nitrogen and oxygen atoms in total. The van der Waals surface area contributed by atoms with Crippen molar-refractivity contribution in [1.29, 1.82) is 0 Å². The SMILES string of the molecule is Cn1c(CCCNC(=O)[C@@H]2C[C@@H]2c2cccnc2)nc2ccccc21. The van der Waals surface area contributed by atoms with Gasteiger partial charge in [-0.05, 0) is 42.5 Å². The number of pyridine rings is 1. The van der Waals surface area contributed by atoms with Gasteiger partial charge in [-0.3, -0.25) is 9.78 Å². The Balaban J connectivity index is 1.26. The molecular formula is C20H22N4O. The van der Waals surface area contributed by atoms with Crippen molar-refractivity contribution in [2.75, 3.05) is 6.54 Å². The second-order valence-corrected chi connectivity index (χ2v) is 6.71. The van der Waals surface area contributed by atoms with Crippen molar-refractivity contribution in [3.8, 4) is 0 Å². The maximum absolute atomic E-state index is 12.3. The smallest absolute Gasteiger partial charge is 0.223 e. The van der Waals surface area contributed by atoms with Crippen molar-refractivity contribution >= 4 is 16.9 Å². The molecular weight excluding hydrogens is 312 g/mol. The molecule has 1 aliphatic carbocycles. The van der Waals surface area contributed by atoms with E-state index in [9.17, 15) is 4.79 Å². The van der Waals surface area contributed by atoms with Gasteiger partial charge in [0.15, 0.2) is 0 Å². The number of aromatic nitrogens is 3. The van der Waals surface area contributed by atoms with E-state index in [2.05, 4.69) is 32.0 Å². The quantitative estimate of drug-likeness (QED) is 0.705. The number of nitrogens with one attached hydrogen (secondary N) is 1. The zero-order chi connectivity index (χ0) is 17.2. The van der Waals surface area contributed by atoms with Crippen LogP contribution in [-0.4, -0.2) is 27.0 Å². The third-order valence-electron chi connectivity index (χ3n) is 5.00. The van der Waals surface area contributed by atoms with E-state index in [-0.39, 0.29) is 11.8 Å². The van der Waals surface area contributed by atoms with Gasteiger partial charge in [0.25, 0.3) is 0 Å². The standard InChI is InChI=1S/C20H22N4O/c1-24-18-8-3-2-7-17(18)23-19(24)9-5-11-22-20(25)16-12-15(16)14-6-4-10-21-13-14/h2-4,6-8,10,13,15-16H,5,9,11-12H2,1H3,(H,22,25)/t15-,16-/m1/s1. The number of aryl methyl sites for hydroxylation is 2. The van der Waals surface area contributed by atoms with Crippen molar-refractivity contribution in [3.05, 3.63) is 60.2 Å². The number of hydrogen-bond acceptors (Lipinski definition) is 3. The summed E-state index contributed by atoms with van der Waals surface area (Å²) in [6.45, 7) is 0.693. The molecule has 1 saturated carbocycles. The van der Waals surface area contributed by atoms with Crippen LogP contribution in [-0.2, 0) is 18.3 Å². The van der Waals surface area contributed by atoms with Gasteiger partial charge in [-0.1, -0.05) is 18.2 Å². The van der Waals surface area contributed by atoms with Crippen LogP contribution in [0.1, 0.15) is 30.1 Å². The van der Waals surface area contributed by atoms with Gasteiger partial charge < -0.3 is 9.88 Å². The summed E-state index contributed by atoms with van der Waals surface area (Å²) in [6, 6.07) is 12.1. The van der Waals surface area contributed by atoms with E-state index in [0.29, 0.717) is 12.5 Å². The molecule has 25 heavy (non-hydrogen) atoms. The summed E-state index contributed by atoms with van der Waals surface area (Å²) in [5, 5.41) is 3.07. The fraction of sp³-hybridized carbons (Fsp3) is 0.350. The largest absolute Gasteiger partial charge is 0.356 e. The molecule has 1 amide bonds. The minimum Gasteiger partial charge on any atom is -0.356 e. The number of benzene rings is 1. The van der Waals surface area contributed by atoms with Crippen LogP contribution in [0.5, 0.6) is 0 Å². The van der Waals surface area contributed by atoms with Crippen molar-refractivity contribution in [1.82, 2.24) is 19.9 Å². The molecule has 2 atom stereocenters. The monoisotopic (exact) mass is 334 g/mol. The lowest BCUT2D eigenvalue weighted by Crippen LogP contribution is -2.26. The number of nitrogens with zero attached hydrogens (tertiary/aromatic N) is 3. The molecule has 4 rings (SSSR count). The fourth-order valence-corrected chi connectivity index (χ4v) is 3.46. The van der Waals surface area contributed by atoms with Crippen LogP contribution in [0.4, 0.5) is 0 Å². The Morgan fingerprint density at radius 2 is 2.16 bits per heavy atom. The predicted molar refractivity (Wildman–Crippen MR) is 97.1 cm³/mol. The predicted octanol–water partition coefficient (Wildman–Crippen LogP) is 2.82. The van der Waals surface area contributed by atoms with E-state index in [1.54, 1.807) is 6.20 Å². The molecule has 0 spiro atoms. The molecule has 1 aromatic carbocycles. The van der Waals surface area contributed by atoms with Crippen LogP contribution in [0.3, 0.4) is 0 Å². The minimum absolute atomic E-state index is 0.111. The average molecular weight is 334 g/mol. The highest BCUT2D eigenvalue weighted by atomic mass is 16.2. The number of carbonyl (C=O) groups excluding carboxylic acids is 1. The molecule has 2 aromatic heterocycles. The maximum Gasteiger partial charge on any atom is 0.223 e. The first-order valence-electron chi connectivity index (χ1n) is 8.82. The molecule has 0 unspecified atom stereocenters. The highest BCUT2D eigenvalue weighted by Crippen LogP contribution is 2.47. The normalized spacial score (nSPS) is 19.1. The van der Waals surface area contributed by atoms with Gasteiger partial charge in [-0.15, -0.1) is 0 Å². The highest BCUT2D eigenvalue weighted by molar-refractivity contribution is 5.82. The lowest BCUT2D eigenvalue weighted by molar-refractivity contribution is -0.122. The summed E-state index contributed by atoms with van der Waals surface area (Å²) in [5.41, 5.74) is 3.35. The Kier molecular flexibility index (Phi) is 4.22. The molecule has 1 fully saturated rings. The number of carbonyl (C=O) groups is 1. The van der Waals surface area contributed by atoms with E-state index in [1.165, 1.54) is 5.56 Å². The first-order valence-corrected chi connectivity index (χ1v) is 8.82. The van der Waals surface area contributed by atoms with Gasteiger partial charge in [-0.25, -0.2) is 4.98 Å². The second-order valence-electron chi connectivity index (χ2n) is 6.71. The maximum atomic E-state index is 12.3. The number of rotatable bonds is 6. The number of hydrogen-bond donors (Lipinski definition) is 1. The molecule has 0 bridgehead atoms. The van der Waals surface area contributed by atoms with Crippen LogP contribution in [0.2, 0.25) is 0 Å². The zero-order valence-corrected chi connectivity index (χ0v) is 14.4. The molecule has 0 radical (unpaired) electrons.